The van der Waals surface area contributed by atoms with E-state index in [4.69, 9.17) is 0 Å². The molecule has 0 N–H and O–H groups in total. The number of benzene rings is 1. The van der Waals surface area contributed by atoms with Crippen LogP contribution in [0.15, 0.2) is 24.3 Å². The van der Waals surface area contributed by atoms with E-state index in [-0.39, 0.29) is 16.2 Å². The quantitative estimate of drug-likeness (QED) is 0.653. The predicted octanol–water partition coefficient (Wildman–Crippen LogP) is 6.02. The zero-order valence-corrected chi connectivity index (χ0v) is 17.9. The van der Waals surface area contributed by atoms with Crippen molar-refractivity contribution < 1.29 is 4.79 Å². The van der Waals surface area contributed by atoms with Gasteiger partial charge in [-0.05, 0) is 34.3 Å². The lowest BCUT2D eigenvalue weighted by Crippen LogP contribution is -2.32. The second kappa shape index (κ2) is 7.73. The van der Waals surface area contributed by atoms with Crippen LogP contribution < -0.4 is 0 Å². The molecule has 1 aliphatic rings. The van der Waals surface area contributed by atoms with Crippen LogP contribution in [-0.2, 0) is 10.2 Å². The summed E-state index contributed by atoms with van der Waals surface area (Å²) in [6.45, 7) is 16.5. The maximum Gasteiger partial charge on any atom is 0.224 e. The van der Waals surface area contributed by atoms with Crippen molar-refractivity contribution in [2.75, 3.05) is 12.3 Å². The lowest BCUT2D eigenvalue weighted by molar-refractivity contribution is -0.132. The third-order valence-electron chi connectivity index (χ3n) is 4.76. The smallest absolute Gasteiger partial charge is 0.224 e. The molecule has 140 valence electrons. The van der Waals surface area contributed by atoms with Crippen LogP contribution in [-0.4, -0.2) is 23.1 Å². The Balaban J connectivity index is 2.05. The minimum Gasteiger partial charge on any atom is -0.326 e. The highest BCUT2D eigenvalue weighted by molar-refractivity contribution is 7.99. The van der Waals surface area contributed by atoms with E-state index in [1.807, 2.05) is 11.8 Å². The van der Waals surface area contributed by atoms with Gasteiger partial charge in [-0.3, -0.25) is 4.79 Å². The van der Waals surface area contributed by atoms with Gasteiger partial charge in [0.05, 0.1) is 0 Å². The normalized spacial score (nSPS) is 20.0. The molecule has 2 nitrogen and oxygen atoms in total. The van der Waals surface area contributed by atoms with Crippen molar-refractivity contribution in [1.82, 2.24) is 4.90 Å². The SMILES string of the molecule is C[C@@H](CC(=O)N1CCS[C@@H]1c1ccc(C(C)(C)C)cc1)CC(C)(C)C. The van der Waals surface area contributed by atoms with E-state index >= 15 is 0 Å². The van der Waals surface area contributed by atoms with Gasteiger partial charge in [-0.1, -0.05) is 72.7 Å². The highest BCUT2D eigenvalue weighted by Gasteiger charge is 2.31. The van der Waals surface area contributed by atoms with Crippen molar-refractivity contribution in [3.8, 4) is 0 Å². The molecule has 0 saturated carbocycles. The maximum atomic E-state index is 12.9. The predicted molar refractivity (Wildman–Crippen MR) is 110 cm³/mol. The molecule has 0 unspecified atom stereocenters. The topological polar surface area (TPSA) is 20.3 Å². The molecule has 2 atom stereocenters. The first-order chi connectivity index (χ1) is 11.5. The Bertz CT molecular complexity index is 580. The van der Waals surface area contributed by atoms with E-state index in [1.54, 1.807) is 0 Å². The summed E-state index contributed by atoms with van der Waals surface area (Å²) in [6.07, 6.45) is 1.75. The molecule has 0 spiro atoms. The molecular weight excluding hydrogens is 326 g/mol. The highest BCUT2D eigenvalue weighted by atomic mass is 32.2. The minimum absolute atomic E-state index is 0.166. The molecule has 1 aromatic rings. The van der Waals surface area contributed by atoms with Crippen LogP contribution in [0.3, 0.4) is 0 Å². The fourth-order valence-electron chi connectivity index (χ4n) is 3.68. The summed E-state index contributed by atoms with van der Waals surface area (Å²) >= 11 is 1.89. The average molecular weight is 362 g/mol. The Morgan fingerprint density at radius 2 is 1.76 bits per heavy atom. The van der Waals surface area contributed by atoms with Crippen LogP contribution in [0.25, 0.3) is 0 Å². The van der Waals surface area contributed by atoms with E-state index in [2.05, 4.69) is 77.6 Å². The van der Waals surface area contributed by atoms with Crippen molar-refractivity contribution >= 4 is 17.7 Å². The van der Waals surface area contributed by atoms with Crippen LogP contribution in [0.4, 0.5) is 0 Å². The molecule has 0 radical (unpaired) electrons. The van der Waals surface area contributed by atoms with E-state index in [0.717, 1.165) is 18.7 Å². The van der Waals surface area contributed by atoms with Gasteiger partial charge in [-0.15, -0.1) is 11.8 Å². The Morgan fingerprint density at radius 1 is 1.16 bits per heavy atom. The van der Waals surface area contributed by atoms with Crippen molar-refractivity contribution in [3.05, 3.63) is 35.4 Å². The summed E-state index contributed by atoms with van der Waals surface area (Å²) < 4.78 is 0. The molecule has 1 saturated heterocycles. The molecule has 1 amide bonds. The molecule has 0 bridgehead atoms. The highest BCUT2D eigenvalue weighted by Crippen LogP contribution is 2.39. The molecule has 1 aliphatic heterocycles. The first kappa shape index (κ1) is 20.4. The molecule has 0 aliphatic carbocycles. The van der Waals surface area contributed by atoms with Crippen molar-refractivity contribution in [2.24, 2.45) is 11.3 Å². The number of carbonyl (C=O) groups is 1. The van der Waals surface area contributed by atoms with Gasteiger partial charge in [0, 0.05) is 18.7 Å². The van der Waals surface area contributed by atoms with E-state index in [0.29, 0.717) is 18.2 Å². The van der Waals surface area contributed by atoms with Gasteiger partial charge >= 0.3 is 0 Å². The van der Waals surface area contributed by atoms with Crippen molar-refractivity contribution in [3.63, 3.8) is 0 Å². The van der Waals surface area contributed by atoms with Gasteiger partial charge in [0.1, 0.15) is 5.37 Å². The molecular formula is C22H35NOS. The van der Waals surface area contributed by atoms with Crippen LogP contribution >= 0.6 is 11.8 Å². The Hall–Kier alpha value is -0.960. The zero-order chi connectivity index (χ0) is 18.8. The number of carbonyl (C=O) groups excluding carboxylic acids is 1. The number of hydrogen-bond acceptors (Lipinski definition) is 2. The number of rotatable bonds is 4. The molecule has 1 fully saturated rings. The van der Waals surface area contributed by atoms with Gasteiger partial charge < -0.3 is 4.90 Å². The summed E-state index contributed by atoms with van der Waals surface area (Å²) in [6, 6.07) is 8.86. The fraction of sp³-hybridized carbons (Fsp3) is 0.682. The van der Waals surface area contributed by atoms with E-state index in [9.17, 15) is 4.79 Å². The third-order valence-corrected chi connectivity index (χ3v) is 6.02. The zero-order valence-electron chi connectivity index (χ0n) is 17.1. The summed E-state index contributed by atoms with van der Waals surface area (Å²) in [7, 11) is 0. The van der Waals surface area contributed by atoms with E-state index < -0.39 is 0 Å². The van der Waals surface area contributed by atoms with Crippen LogP contribution in [0.1, 0.15) is 77.8 Å². The summed E-state index contributed by atoms with van der Waals surface area (Å²) in [4.78, 5) is 15.0. The molecule has 2 rings (SSSR count). The summed E-state index contributed by atoms with van der Waals surface area (Å²) in [5.41, 5.74) is 3.05. The number of thioether (sulfide) groups is 1. The van der Waals surface area contributed by atoms with Gasteiger partial charge in [-0.2, -0.15) is 0 Å². The lowest BCUT2D eigenvalue weighted by Gasteiger charge is -2.28. The van der Waals surface area contributed by atoms with Crippen LogP contribution in [0.5, 0.6) is 0 Å². The molecule has 3 heteroatoms. The number of amides is 1. The molecule has 1 aromatic carbocycles. The summed E-state index contributed by atoms with van der Waals surface area (Å²) in [5, 5.41) is 0.184. The fourth-order valence-corrected chi connectivity index (χ4v) is 4.96. The maximum absolute atomic E-state index is 12.9. The Morgan fingerprint density at radius 3 is 2.28 bits per heavy atom. The Labute approximate surface area is 158 Å². The van der Waals surface area contributed by atoms with Gasteiger partial charge in [0.15, 0.2) is 0 Å². The third kappa shape index (κ3) is 5.77. The first-order valence-corrected chi connectivity index (χ1v) is 10.5. The van der Waals surface area contributed by atoms with Crippen molar-refractivity contribution in [2.45, 2.75) is 72.1 Å². The van der Waals surface area contributed by atoms with Gasteiger partial charge in [0.2, 0.25) is 5.91 Å². The molecule has 1 heterocycles. The van der Waals surface area contributed by atoms with Gasteiger partial charge in [-0.25, -0.2) is 0 Å². The van der Waals surface area contributed by atoms with Crippen LogP contribution in [0, 0.1) is 11.3 Å². The molecule has 25 heavy (non-hydrogen) atoms. The second-order valence-electron chi connectivity index (χ2n) is 9.76. The lowest BCUT2D eigenvalue weighted by atomic mass is 9.84. The standard InChI is InChI=1S/C22H35NOS/c1-16(15-21(2,3)4)14-19(24)23-12-13-25-20(23)17-8-10-18(11-9-17)22(5,6)7/h8-11,16,20H,12-15H2,1-7H3/t16-,20+/m0/s1. The van der Waals surface area contributed by atoms with Crippen LogP contribution in [0.2, 0.25) is 0 Å². The number of hydrogen-bond donors (Lipinski definition) is 0. The summed E-state index contributed by atoms with van der Waals surface area (Å²) in [5.74, 6) is 1.78. The van der Waals surface area contributed by atoms with E-state index in [1.165, 1.54) is 11.1 Å². The van der Waals surface area contributed by atoms with Gasteiger partial charge in [0.25, 0.3) is 0 Å². The first-order valence-electron chi connectivity index (χ1n) is 9.49. The second-order valence-corrected chi connectivity index (χ2v) is 10.9. The number of nitrogens with zero attached hydrogens (tertiary/aromatic N) is 1. The monoisotopic (exact) mass is 361 g/mol. The Kier molecular flexibility index (Phi) is 6.30. The average Bonchev–Trinajstić information content (AvgIpc) is 2.93. The minimum atomic E-state index is 0.166. The van der Waals surface area contributed by atoms with Crippen molar-refractivity contribution in [1.29, 1.82) is 0 Å². The largest absolute Gasteiger partial charge is 0.326 e. The molecule has 0 aromatic heterocycles.